The van der Waals surface area contributed by atoms with E-state index in [2.05, 4.69) is 0 Å². The lowest BCUT2D eigenvalue weighted by Gasteiger charge is -2.13. The molecule has 1 atom stereocenters. The summed E-state index contributed by atoms with van der Waals surface area (Å²) in [5.74, 6) is -3.72. The van der Waals surface area contributed by atoms with E-state index in [9.17, 15) is 13.6 Å². The predicted molar refractivity (Wildman–Crippen MR) is 54.5 cm³/mol. The van der Waals surface area contributed by atoms with Crippen LogP contribution >= 0.6 is 11.6 Å². The van der Waals surface area contributed by atoms with Crippen LogP contribution in [-0.4, -0.2) is 11.1 Å². The summed E-state index contributed by atoms with van der Waals surface area (Å²) in [6.45, 7) is 0. The summed E-state index contributed by atoms with van der Waals surface area (Å²) >= 11 is 5.40. The van der Waals surface area contributed by atoms with Crippen LogP contribution in [0.2, 0.25) is 5.02 Å². The second-order valence-electron chi connectivity index (χ2n) is 3.94. The lowest BCUT2D eigenvalue weighted by molar-refractivity contribution is -0.139. The number of hydrogen-bond acceptors (Lipinski definition) is 1. The minimum absolute atomic E-state index is 0.0902. The maximum Gasteiger partial charge on any atom is 0.311 e. The van der Waals surface area contributed by atoms with Crippen LogP contribution in [0.25, 0.3) is 0 Å². The predicted octanol–water partition coefficient (Wildman–Crippen LogP) is 3.20. The molecule has 0 amide bonds. The van der Waals surface area contributed by atoms with E-state index in [4.69, 9.17) is 16.7 Å². The Morgan fingerprint density at radius 2 is 2.00 bits per heavy atom. The number of carbonyl (C=O) groups is 1. The Bertz CT molecular complexity index is 444. The molecule has 2 nitrogen and oxygen atoms in total. The van der Waals surface area contributed by atoms with E-state index >= 15 is 0 Å². The van der Waals surface area contributed by atoms with Crippen LogP contribution in [-0.2, 0) is 4.79 Å². The van der Waals surface area contributed by atoms with Gasteiger partial charge in [-0.2, -0.15) is 0 Å². The summed E-state index contributed by atoms with van der Waals surface area (Å²) in [7, 11) is 0. The Morgan fingerprint density at radius 3 is 2.50 bits per heavy atom. The molecule has 1 fully saturated rings. The molecule has 1 unspecified atom stereocenters. The Hall–Kier alpha value is -1.16. The third kappa shape index (κ3) is 2.02. The van der Waals surface area contributed by atoms with Gasteiger partial charge in [0.15, 0.2) is 0 Å². The monoisotopic (exact) mass is 246 g/mol. The van der Waals surface area contributed by atoms with Gasteiger partial charge in [0.1, 0.15) is 11.6 Å². The molecule has 1 N–H and O–H groups in total. The lowest BCUT2D eigenvalue weighted by Crippen LogP contribution is -2.15. The van der Waals surface area contributed by atoms with Crippen molar-refractivity contribution < 1.29 is 18.7 Å². The number of carboxylic acids is 1. The molecule has 0 heterocycles. The quantitative estimate of drug-likeness (QED) is 0.832. The topological polar surface area (TPSA) is 37.3 Å². The average Bonchev–Trinajstić information content (AvgIpc) is 2.97. The van der Waals surface area contributed by atoms with E-state index < -0.39 is 23.5 Å². The van der Waals surface area contributed by atoms with Crippen LogP contribution < -0.4 is 0 Å². The minimum Gasteiger partial charge on any atom is -0.481 e. The van der Waals surface area contributed by atoms with Gasteiger partial charge >= 0.3 is 5.97 Å². The van der Waals surface area contributed by atoms with Crippen LogP contribution in [0.4, 0.5) is 8.78 Å². The third-order valence-electron chi connectivity index (χ3n) is 2.73. The van der Waals surface area contributed by atoms with Crippen molar-refractivity contribution in [2.75, 3.05) is 0 Å². The Labute approximate surface area is 95.8 Å². The van der Waals surface area contributed by atoms with Crippen LogP contribution in [0, 0.1) is 17.6 Å². The zero-order chi connectivity index (χ0) is 11.9. The minimum atomic E-state index is -1.12. The van der Waals surface area contributed by atoms with Gasteiger partial charge in [0.05, 0.1) is 10.9 Å². The summed E-state index contributed by atoms with van der Waals surface area (Å²) in [6, 6.07) is 1.71. The second-order valence-corrected chi connectivity index (χ2v) is 4.35. The first kappa shape index (κ1) is 11.3. The smallest absolute Gasteiger partial charge is 0.311 e. The van der Waals surface area contributed by atoms with Crippen molar-refractivity contribution in [3.05, 3.63) is 34.4 Å². The maximum absolute atomic E-state index is 13.5. The van der Waals surface area contributed by atoms with Gasteiger partial charge in [-0.05, 0) is 30.9 Å². The molecule has 0 aromatic heterocycles. The number of rotatable bonds is 3. The van der Waals surface area contributed by atoms with Gasteiger partial charge in [-0.25, -0.2) is 8.78 Å². The van der Waals surface area contributed by atoms with Crippen molar-refractivity contribution in [3.8, 4) is 0 Å². The SMILES string of the molecule is O=C(O)C(c1cc(F)c(Cl)cc1F)C1CC1. The zero-order valence-electron chi connectivity index (χ0n) is 8.21. The summed E-state index contributed by atoms with van der Waals surface area (Å²) in [5.41, 5.74) is -0.114. The number of hydrogen-bond donors (Lipinski definition) is 1. The fourth-order valence-corrected chi connectivity index (χ4v) is 1.94. The molecule has 1 aromatic rings. The van der Waals surface area contributed by atoms with E-state index in [0.29, 0.717) is 0 Å². The highest BCUT2D eigenvalue weighted by Gasteiger charge is 2.39. The van der Waals surface area contributed by atoms with Crippen molar-refractivity contribution in [1.29, 1.82) is 0 Å². The van der Waals surface area contributed by atoms with Gasteiger partial charge in [0.2, 0.25) is 0 Å². The summed E-state index contributed by atoms with van der Waals surface area (Å²) < 4.78 is 26.7. The first-order chi connectivity index (χ1) is 7.50. The van der Waals surface area contributed by atoms with Crippen LogP contribution in [0.3, 0.4) is 0 Å². The summed E-state index contributed by atoms with van der Waals surface area (Å²) in [4.78, 5) is 11.0. The first-order valence-corrected chi connectivity index (χ1v) is 5.25. The molecule has 1 aliphatic rings. The highest BCUT2D eigenvalue weighted by molar-refractivity contribution is 6.30. The molecule has 0 spiro atoms. The molecule has 2 rings (SSSR count). The van der Waals surface area contributed by atoms with Crippen molar-refractivity contribution in [2.24, 2.45) is 5.92 Å². The van der Waals surface area contributed by atoms with E-state index in [-0.39, 0.29) is 16.5 Å². The van der Waals surface area contributed by atoms with Gasteiger partial charge in [0, 0.05) is 5.56 Å². The van der Waals surface area contributed by atoms with Crippen molar-refractivity contribution >= 4 is 17.6 Å². The van der Waals surface area contributed by atoms with Crippen LogP contribution in [0.1, 0.15) is 24.3 Å². The average molecular weight is 247 g/mol. The van der Waals surface area contributed by atoms with Gasteiger partial charge in [0.25, 0.3) is 0 Å². The number of benzene rings is 1. The Morgan fingerprint density at radius 1 is 1.38 bits per heavy atom. The molecule has 1 aliphatic carbocycles. The second kappa shape index (κ2) is 4.01. The number of carboxylic acid groups (broad SMARTS) is 1. The van der Waals surface area contributed by atoms with E-state index in [1.165, 1.54) is 0 Å². The largest absolute Gasteiger partial charge is 0.481 e. The van der Waals surface area contributed by atoms with Gasteiger partial charge in [-0.1, -0.05) is 11.6 Å². The summed E-state index contributed by atoms with van der Waals surface area (Å²) in [6.07, 6.45) is 1.47. The molecule has 0 aliphatic heterocycles. The highest BCUT2D eigenvalue weighted by Crippen LogP contribution is 2.44. The molecule has 0 radical (unpaired) electrons. The van der Waals surface area contributed by atoms with Gasteiger partial charge in [-0.3, -0.25) is 4.79 Å². The van der Waals surface area contributed by atoms with Crippen LogP contribution in [0.5, 0.6) is 0 Å². The molecule has 0 saturated heterocycles. The van der Waals surface area contributed by atoms with Crippen molar-refractivity contribution in [1.82, 2.24) is 0 Å². The lowest BCUT2D eigenvalue weighted by atomic mass is 9.94. The molecular weight excluding hydrogens is 238 g/mol. The third-order valence-corrected chi connectivity index (χ3v) is 3.02. The molecule has 1 saturated carbocycles. The Kier molecular flexibility index (Phi) is 2.84. The number of halogens is 3. The standard InChI is InChI=1S/C11H9ClF2O2/c12-7-4-8(13)6(3-9(7)14)10(11(15)16)5-1-2-5/h3-5,10H,1-2H2,(H,15,16). The van der Waals surface area contributed by atoms with E-state index in [1.807, 2.05) is 0 Å². The molecular formula is C11H9ClF2O2. The highest BCUT2D eigenvalue weighted by atomic mass is 35.5. The first-order valence-electron chi connectivity index (χ1n) is 4.88. The molecule has 0 bridgehead atoms. The molecule has 86 valence electrons. The van der Waals surface area contributed by atoms with Crippen molar-refractivity contribution in [3.63, 3.8) is 0 Å². The van der Waals surface area contributed by atoms with E-state index in [1.54, 1.807) is 0 Å². The fourth-order valence-electron chi connectivity index (χ4n) is 1.79. The fraction of sp³-hybridized carbons (Fsp3) is 0.364. The maximum atomic E-state index is 13.5. The molecule has 5 heteroatoms. The van der Waals surface area contributed by atoms with Gasteiger partial charge in [-0.15, -0.1) is 0 Å². The normalized spacial score (nSPS) is 17.2. The van der Waals surface area contributed by atoms with Crippen LogP contribution in [0.15, 0.2) is 12.1 Å². The van der Waals surface area contributed by atoms with E-state index in [0.717, 1.165) is 25.0 Å². The zero-order valence-corrected chi connectivity index (χ0v) is 8.97. The van der Waals surface area contributed by atoms with Gasteiger partial charge < -0.3 is 5.11 Å². The van der Waals surface area contributed by atoms with Crippen molar-refractivity contribution in [2.45, 2.75) is 18.8 Å². The Balaban J connectivity index is 2.44. The summed E-state index contributed by atoms with van der Waals surface area (Å²) in [5, 5.41) is 8.67. The molecule has 16 heavy (non-hydrogen) atoms. The number of aliphatic carboxylic acids is 1. The molecule has 1 aromatic carbocycles.